The SMILES string of the molecule is CCc1ccc(C2CC(C(=O)O)C[N+](C(=O)[O-])(c3ccc([N+](=O)[O-])cc3)C2)cc1. The number of aryl methyl sites for hydroxylation is 1. The summed E-state index contributed by atoms with van der Waals surface area (Å²) in [6.07, 6.45) is -0.231. The normalized spacial score (nSPS) is 24.0. The molecule has 1 heterocycles. The van der Waals surface area contributed by atoms with Gasteiger partial charge >= 0.3 is 5.97 Å². The molecule has 1 fully saturated rings. The second-order valence-corrected chi connectivity index (χ2v) is 7.44. The summed E-state index contributed by atoms with van der Waals surface area (Å²) in [7, 11) is 0. The van der Waals surface area contributed by atoms with Crippen LogP contribution in [-0.4, -0.2) is 35.2 Å². The maximum atomic E-state index is 12.3. The van der Waals surface area contributed by atoms with Crippen molar-refractivity contribution < 1.29 is 24.7 Å². The van der Waals surface area contributed by atoms with E-state index >= 15 is 0 Å². The summed E-state index contributed by atoms with van der Waals surface area (Å²) in [6.45, 7) is 1.98. The molecule has 1 aliphatic rings. The Morgan fingerprint density at radius 1 is 1.10 bits per heavy atom. The average Bonchev–Trinajstić information content (AvgIpc) is 2.73. The zero-order valence-corrected chi connectivity index (χ0v) is 16.0. The standard InChI is InChI=1S/C21H22N2O6/c1-2-14-3-5-15(6-4-14)16-11-17(20(24)25)13-23(12-16,21(26)27)19-9-7-18(8-10-19)22(28)29/h3-10,16-17H,2,11-13H2,1H3,(H-,24,25,26,27). The maximum absolute atomic E-state index is 12.3. The van der Waals surface area contributed by atoms with Gasteiger partial charge in [0.2, 0.25) is 0 Å². The average molecular weight is 398 g/mol. The van der Waals surface area contributed by atoms with Crippen LogP contribution in [0.15, 0.2) is 48.5 Å². The van der Waals surface area contributed by atoms with Gasteiger partial charge in [0.15, 0.2) is 0 Å². The van der Waals surface area contributed by atoms with Gasteiger partial charge in [0.1, 0.15) is 18.2 Å². The van der Waals surface area contributed by atoms with Crippen LogP contribution in [0.25, 0.3) is 0 Å². The van der Waals surface area contributed by atoms with E-state index in [1.54, 1.807) is 0 Å². The molecule has 0 saturated carbocycles. The number of nitro benzene ring substituents is 1. The first-order valence-corrected chi connectivity index (χ1v) is 9.42. The second-order valence-electron chi connectivity index (χ2n) is 7.44. The molecular formula is C21H22N2O6. The number of likely N-dealkylation sites (tertiary alicyclic amines) is 1. The van der Waals surface area contributed by atoms with Crippen molar-refractivity contribution in [1.29, 1.82) is 0 Å². The van der Waals surface area contributed by atoms with Gasteiger partial charge in [-0.25, -0.2) is 4.48 Å². The molecule has 0 bridgehead atoms. The molecule has 0 radical (unpaired) electrons. The Balaban J connectivity index is 2.04. The molecule has 29 heavy (non-hydrogen) atoms. The summed E-state index contributed by atoms with van der Waals surface area (Å²) in [5.74, 6) is -2.25. The number of carbonyl (C=O) groups is 2. The van der Waals surface area contributed by atoms with Gasteiger partial charge in [0, 0.05) is 30.2 Å². The number of carboxylic acids is 1. The van der Waals surface area contributed by atoms with Gasteiger partial charge in [-0.2, -0.15) is 0 Å². The highest BCUT2D eigenvalue weighted by atomic mass is 16.6. The summed E-state index contributed by atoms with van der Waals surface area (Å²) in [5, 5.41) is 32.9. The lowest BCUT2D eigenvalue weighted by Crippen LogP contribution is -2.66. The van der Waals surface area contributed by atoms with E-state index in [0.717, 1.165) is 17.5 Å². The number of piperidine rings is 1. The third kappa shape index (κ3) is 3.97. The van der Waals surface area contributed by atoms with Gasteiger partial charge in [0.05, 0.1) is 11.5 Å². The van der Waals surface area contributed by atoms with Crippen LogP contribution in [0.5, 0.6) is 0 Å². The minimum absolute atomic E-state index is 0.120. The van der Waals surface area contributed by atoms with Gasteiger partial charge in [0.25, 0.3) is 11.8 Å². The van der Waals surface area contributed by atoms with Crippen molar-refractivity contribution in [2.24, 2.45) is 5.92 Å². The lowest BCUT2D eigenvalue weighted by Gasteiger charge is -2.45. The molecular weight excluding hydrogens is 376 g/mol. The predicted octanol–water partition coefficient (Wildman–Crippen LogP) is 2.70. The van der Waals surface area contributed by atoms with Crippen LogP contribution in [0.2, 0.25) is 0 Å². The highest BCUT2D eigenvalue weighted by Gasteiger charge is 2.46. The predicted molar refractivity (Wildman–Crippen MR) is 104 cm³/mol. The zero-order valence-electron chi connectivity index (χ0n) is 16.0. The van der Waals surface area contributed by atoms with Crippen LogP contribution in [0, 0.1) is 16.0 Å². The van der Waals surface area contributed by atoms with Crippen molar-refractivity contribution >= 4 is 23.4 Å². The van der Waals surface area contributed by atoms with Crippen molar-refractivity contribution in [3.63, 3.8) is 0 Å². The van der Waals surface area contributed by atoms with E-state index in [4.69, 9.17) is 0 Å². The Morgan fingerprint density at radius 2 is 1.72 bits per heavy atom. The molecule has 2 aromatic rings. The van der Waals surface area contributed by atoms with Crippen LogP contribution >= 0.6 is 0 Å². The molecule has 0 spiro atoms. The number of hydrogen-bond acceptors (Lipinski definition) is 5. The number of hydrogen-bond donors (Lipinski definition) is 1. The van der Waals surface area contributed by atoms with Gasteiger partial charge in [-0.1, -0.05) is 31.2 Å². The topological polar surface area (TPSA) is 121 Å². The van der Waals surface area contributed by atoms with Crippen molar-refractivity contribution in [3.05, 3.63) is 69.8 Å². The molecule has 1 N–H and O–H groups in total. The fourth-order valence-corrected chi connectivity index (χ4v) is 4.09. The van der Waals surface area contributed by atoms with Gasteiger partial charge in [-0.05, 0) is 24.0 Å². The first kappa shape index (κ1) is 20.5. The molecule has 3 rings (SSSR count). The number of nitrogens with zero attached hydrogens (tertiary/aromatic N) is 2. The molecule has 1 aliphatic heterocycles. The van der Waals surface area contributed by atoms with E-state index in [-0.39, 0.29) is 30.4 Å². The fourth-order valence-electron chi connectivity index (χ4n) is 4.09. The summed E-state index contributed by atoms with van der Waals surface area (Å²) >= 11 is 0. The number of benzene rings is 2. The third-order valence-electron chi connectivity index (χ3n) is 5.75. The molecule has 152 valence electrons. The number of aliphatic carboxylic acids is 1. The van der Waals surface area contributed by atoms with Crippen LogP contribution in [0.1, 0.15) is 30.4 Å². The number of nitro groups is 1. The summed E-state index contributed by atoms with van der Waals surface area (Å²) in [5.41, 5.74) is 2.12. The summed E-state index contributed by atoms with van der Waals surface area (Å²) < 4.78 is -0.685. The Morgan fingerprint density at radius 3 is 2.21 bits per heavy atom. The van der Waals surface area contributed by atoms with Gasteiger partial charge < -0.3 is 15.0 Å². The van der Waals surface area contributed by atoms with Crippen molar-refractivity contribution in [1.82, 2.24) is 4.48 Å². The largest absolute Gasteiger partial charge is 0.498 e. The highest BCUT2D eigenvalue weighted by molar-refractivity contribution is 5.82. The third-order valence-corrected chi connectivity index (χ3v) is 5.75. The van der Waals surface area contributed by atoms with Crippen LogP contribution < -0.4 is 9.59 Å². The number of carboxylic acid groups (broad SMARTS) is 2. The number of carbonyl (C=O) groups excluding carboxylic acids is 1. The van der Waals surface area contributed by atoms with Crippen LogP contribution in [0.4, 0.5) is 16.2 Å². The van der Waals surface area contributed by atoms with Crippen molar-refractivity contribution in [2.45, 2.75) is 25.7 Å². The lowest BCUT2D eigenvalue weighted by molar-refractivity contribution is -0.384. The van der Waals surface area contributed by atoms with E-state index in [1.165, 1.54) is 24.3 Å². The highest BCUT2D eigenvalue weighted by Crippen LogP contribution is 2.39. The van der Waals surface area contributed by atoms with Crippen molar-refractivity contribution in [2.75, 3.05) is 13.1 Å². The lowest BCUT2D eigenvalue weighted by atomic mass is 9.82. The van der Waals surface area contributed by atoms with E-state index in [9.17, 15) is 29.9 Å². The smallest absolute Gasteiger partial charge is 0.312 e. The van der Waals surface area contributed by atoms with Gasteiger partial charge in [-0.3, -0.25) is 14.9 Å². The monoisotopic (exact) mass is 398 g/mol. The maximum Gasteiger partial charge on any atom is 0.312 e. The Labute approximate surface area is 167 Å². The minimum Gasteiger partial charge on any atom is -0.498 e. The molecule has 0 aromatic heterocycles. The zero-order chi connectivity index (χ0) is 21.2. The molecule has 0 aliphatic carbocycles. The second kappa shape index (κ2) is 8.00. The number of rotatable bonds is 5. The molecule has 8 nitrogen and oxygen atoms in total. The molecule has 1 saturated heterocycles. The summed E-state index contributed by atoms with van der Waals surface area (Å²) in [4.78, 5) is 34.4. The van der Waals surface area contributed by atoms with E-state index in [0.29, 0.717) is 6.42 Å². The van der Waals surface area contributed by atoms with Crippen LogP contribution in [0.3, 0.4) is 0 Å². The summed E-state index contributed by atoms with van der Waals surface area (Å²) in [6, 6.07) is 12.9. The van der Waals surface area contributed by atoms with Gasteiger partial charge in [-0.15, -0.1) is 0 Å². The number of non-ortho nitro benzene ring substituents is 1. The van der Waals surface area contributed by atoms with E-state index in [2.05, 4.69) is 0 Å². The van der Waals surface area contributed by atoms with Crippen molar-refractivity contribution in [3.8, 4) is 0 Å². The first-order chi connectivity index (χ1) is 13.8. The first-order valence-electron chi connectivity index (χ1n) is 9.42. The van der Waals surface area contributed by atoms with E-state index < -0.39 is 27.4 Å². The minimum atomic E-state index is -1.42. The quantitative estimate of drug-likeness (QED) is 0.470. The number of quaternary nitrogens is 1. The van der Waals surface area contributed by atoms with E-state index in [1.807, 2.05) is 31.2 Å². The Bertz CT molecular complexity index is 925. The van der Waals surface area contributed by atoms with Crippen LogP contribution in [-0.2, 0) is 11.2 Å². The molecule has 1 amide bonds. The number of amides is 1. The Kier molecular flexibility index (Phi) is 5.65. The molecule has 8 heteroatoms. The molecule has 2 aromatic carbocycles. The fraction of sp³-hybridized carbons (Fsp3) is 0.333. The Hall–Kier alpha value is -3.26. The molecule has 3 atom stereocenters. The molecule has 3 unspecified atom stereocenters.